The lowest BCUT2D eigenvalue weighted by Gasteiger charge is -2.13. The van der Waals surface area contributed by atoms with Crippen LogP contribution in [0, 0.1) is 0 Å². The Hall–Kier alpha value is -8.15. The van der Waals surface area contributed by atoms with Crippen molar-refractivity contribution in [2.75, 3.05) is 0 Å². The highest BCUT2D eigenvalue weighted by molar-refractivity contribution is 6.21. The van der Waals surface area contributed by atoms with Crippen LogP contribution in [0.5, 0.6) is 0 Å². The van der Waals surface area contributed by atoms with Crippen molar-refractivity contribution in [2.24, 2.45) is 0 Å². The van der Waals surface area contributed by atoms with Crippen LogP contribution in [-0.2, 0) is 0 Å². The van der Waals surface area contributed by atoms with Crippen LogP contribution in [0.3, 0.4) is 0 Å². The molecule has 0 aliphatic rings. The van der Waals surface area contributed by atoms with Gasteiger partial charge in [-0.15, -0.1) is 0 Å². The van der Waals surface area contributed by atoms with Crippen LogP contribution in [0.2, 0.25) is 0 Å². The molecular weight excluding hydrogens is 733 g/mol. The van der Waals surface area contributed by atoms with E-state index in [0.717, 1.165) is 100 Å². The SMILES string of the molecule is c1ccc(-c2ccc3c(c2)nc(-c2cccc(-c4nc(-c5ccccc5)cc(-c5cccc(-n6c7ccccc7c7ccccc76)c5)n4)c2)c2oc4ccccc4c23)cc1. The lowest BCUT2D eigenvalue weighted by atomic mass is 9.99. The molecule has 0 saturated carbocycles. The van der Waals surface area contributed by atoms with Crippen molar-refractivity contribution in [2.45, 2.75) is 0 Å². The number of rotatable bonds is 6. The van der Waals surface area contributed by atoms with Crippen molar-refractivity contribution in [3.63, 3.8) is 0 Å². The van der Waals surface area contributed by atoms with Crippen molar-refractivity contribution in [3.05, 3.63) is 206 Å². The standard InChI is InChI=1S/C55H34N4O/c1-3-15-35(16-4-1)37-29-30-44-48(33-37)56-53(54-52(44)45-25-9-12-28-51(45)60-54)39-20-13-21-40(31-39)55-57-46(36-17-5-2-6-18-36)34-47(58-55)38-19-14-22-41(32-38)59-49-26-10-7-23-42(49)43-24-8-11-27-50(43)59/h1-34H. The maximum atomic E-state index is 6.66. The van der Waals surface area contributed by atoms with E-state index in [9.17, 15) is 0 Å². The molecule has 0 fully saturated rings. The molecule has 0 aliphatic carbocycles. The second-order valence-corrected chi connectivity index (χ2v) is 15.2. The summed E-state index contributed by atoms with van der Waals surface area (Å²) < 4.78 is 9.00. The Morgan fingerprint density at radius 2 is 0.967 bits per heavy atom. The second-order valence-electron chi connectivity index (χ2n) is 15.2. The van der Waals surface area contributed by atoms with Crippen molar-refractivity contribution in [3.8, 4) is 62.0 Å². The van der Waals surface area contributed by atoms with E-state index in [4.69, 9.17) is 19.4 Å². The monoisotopic (exact) mass is 766 g/mol. The van der Waals surface area contributed by atoms with Gasteiger partial charge in [-0.05, 0) is 59.7 Å². The number of nitrogens with zero attached hydrogens (tertiary/aromatic N) is 4. The van der Waals surface area contributed by atoms with Crippen LogP contribution in [-0.4, -0.2) is 19.5 Å². The number of aromatic nitrogens is 4. The molecule has 8 aromatic carbocycles. The van der Waals surface area contributed by atoms with Crippen molar-refractivity contribution in [1.82, 2.24) is 19.5 Å². The number of furan rings is 1. The van der Waals surface area contributed by atoms with Crippen LogP contribution in [0.15, 0.2) is 211 Å². The van der Waals surface area contributed by atoms with Gasteiger partial charge in [0.15, 0.2) is 11.4 Å². The molecular formula is C55H34N4O. The highest BCUT2D eigenvalue weighted by atomic mass is 16.3. The smallest absolute Gasteiger partial charge is 0.162 e. The van der Waals surface area contributed by atoms with Gasteiger partial charge in [-0.3, -0.25) is 0 Å². The molecule has 12 rings (SSSR count). The summed E-state index contributed by atoms with van der Waals surface area (Å²) >= 11 is 0. The number of para-hydroxylation sites is 3. The molecule has 0 atom stereocenters. The summed E-state index contributed by atoms with van der Waals surface area (Å²) in [7, 11) is 0. The van der Waals surface area contributed by atoms with E-state index < -0.39 is 0 Å². The molecule has 4 aromatic heterocycles. The van der Waals surface area contributed by atoms with Gasteiger partial charge in [-0.1, -0.05) is 158 Å². The van der Waals surface area contributed by atoms with E-state index in [0.29, 0.717) is 5.82 Å². The topological polar surface area (TPSA) is 56.7 Å². The third-order valence-electron chi connectivity index (χ3n) is 11.6. The van der Waals surface area contributed by atoms with Gasteiger partial charge in [-0.25, -0.2) is 15.0 Å². The molecule has 5 nitrogen and oxygen atoms in total. The first-order valence-electron chi connectivity index (χ1n) is 20.2. The molecule has 0 aliphatic heterocycles. The maximum Gasteiger partial charge on any atom is 0.162 e. The first-order chi connectivity index (χ1) is 29.7. The molecule has 60 heavy (non-hydrogen) atoms. The first kappa shape index (κ1) is 33.9. The van der Waals surface area contributed by atoms with E-state index in [1.54, 1.807) is 0 Å². The summed E-state index contributed by atoms with van der Waals surface area (Å²) in [5.74, 6) is 0.628. The van der Waals surface area contributed by atoms with Crippen molar-refractivity contribution >= 4 is 54.6 Å². The fourth-order valence-corrected chi connectivity index (χ4v) is 8.78. The van der Waals surface area contributed by atoms with Crippen LogP contribution in [0.1, 0.15) is 0 Å². The van der Waals surface area contributed by atoms with E-state index in [1.807, 2.05) is 36.4 Å². The number of benzene rings is 8. The molecule has 0 bridgehead atoms. The minimum atomic E-state index is 0.628. The Kier molecular flexibility index (Phi) is 7.78. The zero-order valence-corrected chi connectivity index (χ0v) is 32.3. The average molecular weight is 767 g/mol. The molecule has 0 unspecified atom stereocenters. The van der Waals surface area contributed by atoms with E-state index in [-0.39, 0.29) is 0 Å². The van der Waals surface area contributed by atoms with Gasteiger partial charge in [0.1, 0.15) is 11.3 Å². The number of fused-ring (bicyclic) bond motifs is 8. The fourth-order valence-electron chi connectivity index (χ4n) is 8.78. The van der Waals surface area contributed by atoms with Gasteiger partial charge in [0.25, 0.3) is 0 Å². The number of hydrogen-bond acceptors (Lipinski definition) is 4. The van der Waals surface area contributed by atoms with Crippen LogP contribution < -0.4 is 0 Å². The normalized spacial score (nSPS) is 11.7. The van der Waals surface area contributed by atoms with E-state index in [1.165, 1.54) is 10.8 Å². The summed E-state index contributed by atoms with van der Waals surface area (Å²) in [6.45, 7) is 0. The molecule has 280 valence electrons. The zero-order valence-electron chi connectivity index (χ0n) is 32.3. The van der Waals surface area contributed by atoms with Gasteiger partial charge < -0.3 is 8.98 Å². The molecule has 4 heterocycles. The van der Waals surface area contributed by atoms with Crippen LogP contribution in [0.25, 0.3) is 117 Å². The van der Waals surface area contributed by atoms with Crippen LogP contribution >= 0.6 is 0 Å². The third kappa shape index (κ3) is 5.59. The summed E-state index contributed by atoms with van der Waals surface area (Å²) in [6.07, 6.45) is 0. The predicted molar refractivity (Wildman–Crippen MR) is 246 cm³/mol. The average Bonchev–Trinajstić information content (AvgIpc) is 3.88. The highest BCUT2D eigenvalue weighted by Crippen LogP contribution is 2.41. The molecule has 5 heteroatoms. The molecule has 12 aromatic rings. The van der Waals surface area contributed by atoms with Gasteiger partial charge >= 0.3 is 0 Å². The fraction of sp³-hybridized carbons (Fsp3) is 0. The summed E-state index contributed by atoms with van der Waals surface area (Å²) in [5, 5.41) is 5.64. The van der Waals surface area contributed by atoms with E-state index >= 15 is 0 Å². The minimum Gasteiger partial charge on any atom is -0.454 e. The van der Waals surface area contributed by atoms with Crippen molar-refractivity contribution in [1.29, 1.82) is 0 Å². The zero-order chi connectivity index (χ0) is 39.6. The molecule has 0 N–H and O–H groups in total. The minimum absolute atomic E-state index is 0.628. The molecule has 0 amide bonds. The summed E-state index contributed by atoms with van der Waals surface area (Å²) in [6, 6.07) is 71.9. The summed E-state index contributed by atoms with van der Waals surface area (Å²) in [4.78, 5) is 15.9. The Balaban J connectivity index is 1.03. The van der Waals surface area contributed by atoms with Gasteiger partial charge in [0.2, 0.25) is 0 Å². The Morgan fingerprint density at radius 1 is 0.367 bits per heavy atom. The van der Waals surface area contributed by atoms with Gasteiger partial charge in [-0.2, -0.15) is 0 Å². The molecule has 0 radical (unpaired) electrons. The quantitative estimate of drug-likeness (QED) is 0.169. The lowest BCUT2D eigenvalue weighted by molar-refractivity contribution is 0.669. The third-order valence-corrected chi connectivity index (χ3v) is 11.6. The maximum absolute atomic E-state index is 6.66. The Morgan fingerprint density at radius 3 is 1.73 bits per heavy atom. The second kappa shape index (κ2) is 13.8. The number of pyridine rings is 1. The summed E-state index contributed by atoms with van der Waals surface area (Å²) in [5.41, 5.74) is 14.4. The van der Waals surface area contributed by atoms with Crippen LogP contribution in [0.4, 0.5) is 0 Å². The first-order valence-corrected chi connectivity index (χ1v) is 20.2. The van der Waals surface area contributed by atoms with Gasteiger partial charge in [0, 0.05) is 54.9 Å². The largest absolute Gasteiger partial charge is 0.454 e. The molecule has 0 saturated heterocycles. The lowest BCUT2D eigenvalue weighted by Crippen LogP contribution is -1.98. The van der Waals surface area contributed by atoms with E-state index in [2.05, 4.69) is 174 Å². The Labute approximate surface area is 345 Å². The predicted octanol–water partition coefficient (Wildman–Crippen LogP) is 14.4. The number of hydrogen-bond donors (Lipinski definition) is 0. The molecule has 0 spiro atoms. The van der Waals surface area contributed by atoms with Crippen molar-refractivity contribution < 1.29 is 4.42 Å². The Bertz CT molecular complexity index is 3550. The highest BCUT2D eigenvalue weighted by Gasteiger charge is 2.20. The van der Waals surface area contributed by atoms with Gasteiger partial charge in [0.05, 0.1) is 27.9 Å².